The highest BCUT2D eigenvalue weighted by molar-refractivity contribution is 5.10. The van der Waals surface area contributed by atoms with E-state index in [1.807, 2.05) is 0 Å². The van der Waals surface area contributed by atoms with Crippen molar-refractivity contribution in [1.29, 1.82) is 0 Å². The predicted molar refractivity (Wildman–Crippen MR) is 43.2 cm³/mol. The Morgan fingerprint density at radius 2 is 2.00 bits per heavy atom. The molecule has 1 heterocycles. The monoisotopic (exact) mass is 152 g/mol. The minimum atomic E-state index is 0.709. The summed E-state index contributed by atoms with van der Waals surface area (Å²) in [7, 11) is 0. The summed E-state index contributed by atoms with van der Waals surface area (Å²) in [6.07, 6.45) is 4.37. The van der Waals surface area contributed by atoms with Crippen molar-refractivity contribution in [1.82, 2.24) is 0 Å². The molecule has 3 rings (SSSR count). The van der Waals surface area contributed by atoms with Gasteiger partial charge < -0.3 is 4.74 Å². The van der Waals surface area contributed by atoms with Gasteiger partial charge in [-0.3, -0.25) is 0 Å². The summed E-state index contributed by atoms with van der Waals surface area (Å²) in [5, 5.41) is 0. The number of epoxide rings is 1. The molecule has 62 valence electrons. The predicted octanol–water partition coefficient (Wildman–Crippen LogP) is 2.07. The van der Waals surface area contributed by atoms with Crippen LogP contribution in [0.1, 0.15) is 26.7 Å². The highest BCUT2D eigenvalue weighted by atomic mass is 16.6. The van der Waals surface area contributed by atoms with Crippen LogP contribution in [0, 0.1) is 23.7 Å². The van der Waals surface area contributed by atoms with E-state index in [4.69, 9.17) is 4.74 Å². The number of hydrogen-bond donors (Lipinski definition) is 0. The third-order valence-corrected chi connectivity index (χ3v) is 4.00. The van der Waals surface area contributed by atoms with Crippen LogP contribution < -0.4 is 0 Å². The molecule has 0 spiro atoms. The lowest BCUT2D eigenvalue weighted by Crippen LogP contribution is -2.21. The lowest BCUT2D eigenvalue weighted by molar-refractivity contribution is 0.227. The van der Waals surface area contributed by atoms with E-state index in [-0.39, 0.29) is 0 Å². The van der Waals surface area contributed by atoms with Crippen LogP contribution in [0.3, 0.4) is 0 Å². The summed E-state index contributed by atoms with van der Waals surface area (Å²) < 4.78 is 5.62. The van der Waals surface area contributed by atoms with Crippen LogP contribution in [0.5, 0.6) is 0 Å². The van der Waals surface area contributed by atoms with Crippen molar-refractivity contribution < 1.29 is 4.74 Å². The largest absolute Gasteiger partial charge is 0.369 e. The second-order valence-electron chi connectivity index (χ2n) is 4.87. The molecular weight excluding hydrogens is 136 g/mol. The van der Waals surface area contributed by atoms with Crippen LogP contribution in [0.25, 0.3) is 0 Å². The molecular formula is C10H16O. The molecule has 0 radical (unpaired) electrons. The number of ether oxygens (including phenoxy) is 1. The summed E-state index contributed by atoms with van der Waals surface area (Å²) >= 11 is 0. The molecule has 0 amide bonds. The van der Waals surface area contributed by atoms with Crippen molar-refractivity contribution in [2.24, 2.45) is 23.7 Å². The van der Waals surface area contributed by atoms with Gasteiger partial charge in [0, 0.05) is 0 Å². The molecule has 1 saturated heterocycles. The van der Waals surface area contributed by atoms with E-state index >= 15 is 0 Å². The molecule has 3 aliphatic rings. The zero-order valence-electron chi connectivity index (χ0n) is 7.29. The average molecular weight is 152 g/mol. The lowest BCUT2D eigenvalue weighted by atomic mass is 9.81. The molecule has 5 atom stereocenters. The molecule has 0 aromatic carbocycles. The van der Waals surface area contributed by atoms with Crippen LogP contribution in [0.15, 0.2) is 0 Å². The first kappa shape index (κ1) is 6.47. The zero-order valence-corrected chi connectivity index (χ0v) is 7.29. The number of hydrogen-bond acceptors (Lipinski definition) is 1. The summed E-state index contributed by atoms with van der Waals surface area (Å²) in [5.74, 6) is 3.78. The molecule has 0 N–H and O–H groups in total. The molecule has 5 unspecified atom stereocenters. The maximum Gasteiger partial charge on any atom is 0.0875 e. The first-order chi connectivity index (χ1) is 5.27. The topological polar surface area (TPSA) is 12.5 Å². The Labute approximate surface area is 68.1 Å². The molecule has 1 aliphatic heterocycles. The van der Waals surface area contributed by atoms with E-state index in [1.165, 1.54) is 12.8 Å². The van der Waals surface area contributed by atoms with Crippen LogP contribution in [-0.4, -0.2) is 12.2 Å². The van der Waals surface area contributed by atoms with Gasteiger partial charge in [0.1, 0.15) is 0 Å². The Balaban J connectivity index is 1.82. The molecule has 2 aliphatic carbocycles. The molecule has 2 saturated carbocycles. The van der Waals surface area contributed by atoms with Gasteiger partial charge in [0.15, 0.2) is 0 Å². The van der Waals surface area contributed by atoms with E-state index < -0.39 is 0 Å². The van der Waals surface area contributed by atoms with Crippen molar-refractivity contribution in [2.45, 2.75) is 38.9 Å². The van der Waals surface area contributed by atoms with Gasteiger partial charge in [-0.1, -0.05) is 13.8 Å². The van der Waals surface area contributed by atoms with Crippen LogP contribution in [0.4, 0.5) is 0 Å². The smallest absolute Gasteiger partial charge is 0.0875 e. The highest BCUT2D eigenvalue weighted by Gasteiger charge is 2.63. The van der Waals surface area contributed by atoms with E-state index in [9.17, 15) is 0 Å². The van der Waals surface area contributed by atoms with Crippen molar-refractivity contribution in [3.05, 3.63) is 0 Å². The fourth-order valence-electron chi connectivity index (χ4n) is 3.42. The van der Waals surface area contributed by atoms with Gasteiger partial charge in [0.25, 0.3) is 0 Å². The first-order valence-electron chi connectivity index (χ1n) is 4.93. The standard InChI is InChI=1S/C10H16O/c1-5(2)7-3-6-4-8(7)10-9(6)11-10/h5-10H,3-4H2,1-2H3. The van der Waals surface area contributed by atoms with Crippen LogP contribution in [-0.2, 0) is 4.74 Å². The van der Waals surface area contributed by atoms with Crippen molar-refractivity contribution in [3.8, 4) is 0 Å². The second-order valence-corrected chi connectivity index (χ2v) is 4.87. The van der Waals surface area contributed by atoms with E-state index in [0.717, 1.165) is 29.8 Å². The summed E-state index contributed by atoms with van der Waals surface area (Å²) in [6, 6.07) is 0. The maximum absolute atomic E-state index is 5.62. The number of rotatable bonds is 1. The van der Waals surface area contributed by atoms with Crippen LogP contribution >= 0.6 is 0 Å². The Bertz CT molecular complexity index is 187. The van der Waals surface area contributed by atoms with E-state index in [2.05, 4.69) is 13.8 Å². The molecule has 0 aromatic heterocycles. The minimum absolute atomic E-state index is 0.709. The third kappa shape index (κ3) is 0.703. The fraction of sp³-hybridized carbons (Fsp3) is 1.00. The molecule has 3 fully saturated rings. The Morgan fingerprint density at radius 1 is 1.18 bits per heavy atom. The Morgan fingerprint density at radius 3 is 2.55 bits per heavy atom. The second kappa shape index (κ2) is 1.82. The molecule has 11 heavy (non-hydrogen) atoms. The van der Waals surface area contributed by atoms with E-state index in [1.54, 1.807) is 0 Å². The van der Waals surface area contributed by atoms with E-state index in [0.29, 0.717) is 6.10 Å². The molecule has 2 bridgehead atoms. The minimum Gasteiger partial charge on any atom is -0.369 e. The van der Waals surface area contributed by atoms with Gasteiger partial charge in [-0.05, 0) is 36.5 Å². The SMILES string of the molecule is CC(C)C1CC2CC1C1OC21. The summed E-state index contributed by atoms with van der Waals surface area (Å²) in [4.78, 5) is 0. The van der Waals surface area contributed by atoms with Gasteiger partial charge in [-0.2, -0.15) is 0 Å². The molecule has 0 aromatic rings. The van der Waals surface area contributed by atoms with Crippen molar-refractivity contribution in [2.75, 3.05) is 0 Å². The fourth-order valence-corrected chi connectivity index (χ4v) is 3.42. The first-order valence-corrected chi connectivity index (χ1v) is 4.93. The average Bonchev–Trinajstić information content (AvgIpc) is 2.57. The maximum atomic E-state index is 5.62. The van der Waals surface area contributed by atoms with Gasteiger partial charge in [-0.25, -0.2) is 0 Å². The quantitative estimate of drug-likeness (QED) is 0.524. The van der Waals surface area contributed by atoms with Crippen LogP contribution in [0.2, 0.25) is 0 Å². The van der Waals surface area contributed by atoms with Gasteiger partial charge in [0.05, 0.1) is 12.2 Å². The zero-order chi connectivity index (χ0) is 7.59. The van der Waals surface area contributed by atoms with Gasteiger partial charge in [-0.15, -0.1) is 0 Å². The van der Waals surface area contributed by atoms with Gasteiger partial charge in [0.2, 0.25) is 0 Å². The number of fused-ring (bicyclic) bond motifs is 5. The Hall–Kier alpha value is -0.0400. The Kier molecular flexibility index (Phi) is 1.07. The normalized spacial score (nSPS) is 58.6. The highest BCUT2D eigenvalue weighted by Crippen LogP contribution is 2.60. The molecule has 1 nitrogen and oxygen atoms in total. The van der Waals surface area contributed by atoms with Crippen molar-refractivity contribution >= 4 is 0 Å². The lowest BCUT2D eigenvalue weighted by Gasteiger charge is -2.22. The summed E-state index contributed by atoms with van der Waals surface area (Å²) in [5.41, 5.74) is 0. The molecule has 1 heteroatoms. The van der Waals surface area contributed by atoms with Crippen molar-refractivity contribution in [3.63, 3.8) is 0 Å². The third-order valence-electron chi connectivity index (χ3n) is 4.00. The van der Waals surface area contributed by atoms with Gasteiger partial charge >= 0.3 is 0 Å². The summed E-state index contributed by atoms with van der Waals surface area (Å²) in [6.45, 7) is 4.73.